The Bertz CT molecular complexity index is 589. The number of nitrogens with one attached hydrogen (secondary N) is 2. The van der Waals surface area contributed by atoms with Gasteiger partial charge in [0.2, 0.25) is 5.16 Å². The number of hydrogen-bond donors (Lipinski definition) is 2. The first-order valence-electron chi connectivity index (χ1n) is 6.44. The molecule has 1 aromatic heterocycles. The summed E-state index contributed by atoms with van der Waals surface area (Å²) in [5, 5.41) is 11.2. The quantitative estimate of drug-likeness (QED) is 0.873. The summed E-state index contributed by atoms with van der Waals surface area (Å²) >= 11 is 5.16. The van der Waals surface area contributed by atoms with E-state index in [1.807, 2.05) is 6.92 Å². The fourth-order valence-electron chi connectivity index (χ4n) is 1.57. The SMILES string of the molecule is Cc1nc(Sc2ccc(CNC(C)(C)C)cc2Br)n[nH]1. The van der Waals surface area contributed by atoms with Crippen molar-refractivity contribution in [3.05, 3.63) is 34.1 Å². The van der Waals surface area contributed by atoms with Gasteiger partial charge in [-0.3, -0.25) is 5.10 Å². The minimum atomic E-state index is 0.121. The van der Waals surface area contributed by atoms with Gasteiger partial charge in [-0.2, -0.15) is 0 Å². The number of aromatic nitrogens is 3. The van der Waals surface area contributed by atoms with Crippen molar-refractivity contribution in [3.63, 3.8) is 0 Å². The molecule has 0 spiro atoms. The van der Waals surface area contributed by atoms with Crippen LogP contribution in [0.3, 0.4) is 0 Å². The zero-order chi connectivity index (χ0) is 14.8. The number of H-pyrrole nitrogens is 1. The van der Waals surface area contributed by atoms with E-state index in [9.17, 15) is 0 Å². The van der Waals surface area contributed by atoms with E-state index in [1.54, 1.807) is 11.8 Å². The van der Waals surface area contributed by atoms with E-state index in [0.717, 1.165) is 26.9 Å². The molecule has 1 heterocycles. The molecule has 2 aromatic rings. The van der Waals surface area contributed by atoms with Gasteiger partial charge in [0.1, 0.15) is 5.82 Å². The Hall–Kier alpha value is -0.850. The first kappa shape index (κ1) is 15.5. The van der Waals surface area contributed by atoms with Crippen LogP contribution in [-0.2, 0) is 6.54 Å². The van der Waals surface area contributed by atoms with E-state index < -0.39 is 0 Å². The molecule has 0 bridgehead atoms. The second-order valence-corrected chi connectivity index (χ2v) is 7.54. The number of aryl methyl sites for hydroxylation is 1. The summed E-state index contributed by atoms with van der Waals surface area (Å²) in [6.07, 6.45) is 0. The fourth-order valence-corrected chi connectivity index (χ4v) is 3.00. The summed E-state index contributed by atoms with van der Waals surface area (Å²) in [4.78, 5) is 5.42. The maximum absolute atomic E-state index is 4.30. The van der Waals surface area contributed by atoms with Crippen molar-refractivity contribution in [2.24, 2.45) is 0 Å². The van der Waals surface area contributed by atoms with Crippen LogP contribution in [0.25, 0.3) is 0 Å². The van der Waals surface area contributed by atoms with Crippen LogP contribution in [0, 0.1) is 6.92 Å². The van der Waals surface area contributed by atoms with Crippen molar-refractivity contribution in [3.8, 4) is 0 Å². The van der Waals surface area contributed by atoms with Gasteiger partial charge in [-0.25, -0.2) is 4.98 Å². The molecule has 0 amide bonds. The average Bonchev–Trinajstić information content (AvgIpc) is 2.74. The lowest BCUT2D eigenvalue weighted by atomic mass is 10.1. The molecule has 0 radical (unpaired) electrons. The van der Waals surface area contributed by atoms with Gasteiger partial charge in [-0.1, -0.05) is 6.07 Å². The van der Waals surface area contributed by atoms with Crippen LogP contribution in [0.15, 0.2) is 32.7 Å². The number of halogens is 1. The summed E-state index contributed by atoms with van der Waals surface area (Å²) in [6, 6.07) is 6.37. The molecule has 0 aliphatic carbocycles. The largest absolute Gasteiger partial charge is 0.308 e. The summed E-state index contributed by atoms with van der Waals surface area (Å²) in [6.45, 7) is 9.24. The smallest absolute Gasteiger partial charge is 0.213 e. The second kappa shape index (κ2) is 6.28. The van der Waals surface area contributed by atoms with Gasteiger partial charge in [0.25, 0.3) is 0 Å². The molecule has 1 aromatic carbocycles. The molecule has 2 N–H and O–H groups in total. The Morgan fingerprint density at radius 1 is 1.35 bits per heavy atom. The lowest BCUT2D eigenvalue weighted by Gasteiger charge is -2.20. The Morgan fingerprint density at radius 3 is 2.65 bits per heavy atom. The van der Waals surface area contributed by atoms with Crippen LogP contribution in [0.4, 0.5) is 0 Å². The fraction of sp³-hybridized carbons (Fsp3) is 0.429. The zero-order valence-electron chi connectivity index (χ0n) is 12.1. The van der Waals surface area contributed by atoms with E-state index in [4.69, 9.17) is 0 Å². The number of aromatic amines is 1. The van der Waals surface area contributed by atoms with Crippen LogP contribution in [0.2, 0.25) is 0 Å². The van der Waals surface area contributed by atoms with Gasteiger partial charge in [0, 0.05) is 21.5 Å². The van der Waals surface area contributed by atoms with Crippen LogP contribution < -0.4 is 5.32 Å². The standard InChI is InChI=1S/C14H19BrN4S/c1-9-17-13(19-18-9)20-12-6-5-10(7-11(12)15)8-16-14(2,3)4/h5-7,16H,8H2,1-4H3,(H,17,18,19). The molecule has 0 fully saturated rings. The normalized spacial score (nSPS) is 11.8. The van der Waals surface area contributed by atoms with Crippen molar-refractivity contribution in [2.75, 3.05) is 0 Å². The maximum Gasteiger partial charge on any atom is 0.213 e. The summed E-state index contributed by atoms with van der Waals surface area (Å²) in [5.74, 6) is 0.828. The third-order valence-corrected chi connectivity index (χ3v) is 4.46. The maximum atomic E-state index is 4.30. The van der Waals surface area contributed by atoms with Crippen molar-refractivity contribution < 1.29 is 0 Å². The third kappa shape index (κ3) is 4.61. The molecule has 0 saturated carbocycles. The predicted molar refractivity (Wildman–Crippen MR) is 86.0 cm³/mol. The number of hydrogen-bond acceptors (Lipinski definition) is 4. The lowest BCUT2D eigenvalue weighted by molar-refractivity contribution is 0.424. The molecule has 0 aliphatic rings. The number of benzene rings is 1. The monoisotopic (exact) mass is 354 g/mol. The molecular formula is C14H19BrN4S. The Morgan fingerprint density at radius 2 is 2.10 bits per heavy atom. The third-order valence-electron chi connectivity index (χ3n) is 2.60. The highest BCUT2D eigenvalue weighted by Crippen LogP contribution is 2.32. The van der Waals surface area contributed by atoms with E-state index in [0.29, 0.717) is 0 Å². The minimum Gasteiger partial charge on any atom is -0.308 e. The van der Waals surface area contributed by atoms with Gasteiger partial charge < -0.3 is 5.32 Å². The van der Waals surface area contributed by atoms with Gasteiger partial charge in [-0.15, -0.1) is 5.10 Å². The molecule has 108 valence electrons. The Labute approximate surface area is 132 Å². The number of nitrogens with zero attached hydrogens (tertiary/aromatic N) is 2. The van der Waals surface area contributed by atoms with Gasteiger partial charge in [0.15, 0.2) is 0 Å². The van der Waals surface area contributed by atoms with Gasteiger partial charge in [0.05, 0.1) is 0 Å². The second-order valence-electron chi connectivity index (χ2n) is 5.67. The molecule has 4 nitrogen and oxygen atoms in total. The molecule has 0 saturated heterocycles. The van der Waals surface area contributed by atoms with Crippen LogP contribution in [0.1, 0.15) is 32.2 Å². The topological polar surface area (TPSA) is 53.6 Å². The van der Waals surface area contributed by atoms with Crippen molar-refractivity contribution in [2.45, 2.75) is 49.8 Å². The van der Waals surface area contributed by atoms with E-state index >= 15 is 0 Å². The van der Waals surface area contributed by atoms with E-state index in [1.165, 1.54) is 5.56 Å². The predicted octanol–water partition coefficient (Wildman–Crippen LogP) is 3.91. The van der Waals surface area contributed by atoms with E-state index in [2.05, 4.69) is 75.4 Å². The van der Waals surface area contributed by atoms with Crippen LogP contribution in [-0.4, -0.2) is 20.7 Å². The van der Waals surface area contributed by atoms with Crippen molar-refractivity contribution in [1.82, 2.24) is 20.5 Å². The zero-order valence-corrected chi connectivity index (χ0v) is 14.5. The van der Waals surface area contributed by atoms with Crippen molar-refractivity contribution >= 4 is 27.7 Å². The minimum absolute atomic E-state index is 0.121. The molecule has 0 unspecified atom stereocenters. The molecule has 6 heteroatoms. The van der Waals surface area contributed by atoms with Crippen LogP contribution >= 0.6 is 27.7 Å². The summed E-state index contributed by atoms with van der Waals surface area (Å²) < 4.78 is 1.07. The Kier molecular flexibility index (Phi) is 4.88. The molecule has 2 rings (SSSR count). The molecule has 0 aliphatic heterocycles. The Balaban J connectivity index is 2.06. The molecule has 0 atom stereocenters. The highest BCUT2D eigenvalue weighted by molar-refractivity contribution is 9.10. The van der Waals surface area contributed by atoms with Crippen LogP contribution in [0.5, 0.6) is 0 Å². The number of rotatable bonds is 4. The summed E-state index contributed by atoms with van der Waals surface area (Å²) in [5.41, 5.74) is 1.37. The first-order chi connectivity index (χ1) is 9.33. The molecule has 20 heavy (non-hydrogen) atoms. The van der Waals surface area contributed by atoms with E-state index in [-0.39, 0.29) is 5.54 Å². The molecular weight excluding hydrogens is 336 g/mol. The van der Waals surface area contributed by atoms with Gasteiger partial charge >= 0.3 is 0 Å². The lowest BCUT2D eigenvalue weighted by Crippen LogP contribution is -2.35. The van der Waals surface area contributed by atoms with Gasteiger partial charge in [-0.05, 0) is 73.1 Å². The highest BCUT2D eigenvalue weighted by atomic mass is 79.9. The average molecular weight is 355 g/mol. The van der Waals surface area contributed by atoms with Crippen molar-refractivity contribution in [1.29, 1.82) is 0 Å². The first-order valence-corrected chi connectivity index (χ1v) is 8.05. The summed E-state index contributed by atoms with van der Waals surface area (Å²) in [7, 11) is 0. The highest BCUT2D eigenvalue weighted by Gasteiger charge is 2.10.